The number of ketones is 1. The highest BCUT2D eigenvalue weighted by Gasteiger charge is 2.34. The second kappa shape index (κ2) is 13.5. The van der Waals surface area contributed by atoms with E-state index in [2.05, 4.69) is 19.7 Å². The molecule has 1 aliphatic carbocycles. The summed E-state index contributed by atoms with van der Waals surface area (Å²) in [5.41, 5.74) is 2.57. The Morgan fingerprint density at radius 2 is 1.72 bits per heavy atom. The Bertz CT molecular complexity index is 1890. The maximum atomic E-state index is 13.9. The van der Waals surface area contributed by atoms with Crippen LogP contribution in [0, 0.1) is 12.8 Å². The van der Waals surface area contributed by atoms with Crippen LogP contribution in [0.5, 0.6) is 5.75 Å². The van der Waals surface area contributed by atoms with Crippen molar-refractivity contribution in [1.82, 2.24) is 19.5 Å². The SMILES string of the molecule is CCCCc1nc(C)n(-c2ncc(OCC(F)(F)F)cn2)c(=O)c1Cc1ccc(-c2ccccc2S(=O)(=O)CC(=O)C2CC2)cc1. The van der Waals surface area contributed by atoms with Gasteiger partial charge < -0.3 is 4.74 Å². The molecule has 1 aliphatic rings. The molecule has 46 heavy (non-hydrogen) atoms. The van der Waals surface area contributed by atoms with E-state index < -0.39 is 33.9 Å². The molecule has 0 atom stereocenters. The van der Waals surface area contributed by atoms with Gasteiger partial charge in [-0.3, -0.25) is 9.59 Å². The van der Waals surface area contributed by atoms with Crippen LogP contribution in [0.1, 0.15) is 55.3 Å². The fourth-order valence-corrected chi connectivity index (χ4v) is 6.69. The number of unbranched alkanes of at least 4 members (excludes halogenated alkanes) is 1. The number of hydrogen-bond donors (Lipinski definition) is 0. The van der Waals surface area contributed by atoms with Crippen LogP contribution in [0.25, 0.3) is 17.1 Å². The number of benzene rings is 2. The Hall–Kier alpha value is -4.39. The minimum atomic E-state index is -4.52. The summed E-state index contributed by atoms with van der Waals surface area (Å²) >= 11 is 0. The maximum Gasteiger partial charge on any atom is 0.422 e. The number of alkyl halides is 3. The molecule has 2 aromatic carbocycles. The fourth-order valence-electron chi connectivity index (χ4n) is 5.12. The molecule has 9 nitrogen and oxygen atoms in total. The molecule has 1 fully saturated rings. The lowest BCUT2D eigenvalue weighted by atomic mass is 9.98. The monoisotopic (exact) mass is 654 g/mol. The Labute approximate surface area is 264 Å². The lowest BCUT2D eigenvalue weighted by Gasteiger charge is -2.15. The third-order valence-electron chi connectivity index (χ3n) is 7.65. The van der Waals surface area contributed by atoms with Crippen molar-refractivity contribution in [3.8, 4) is 22.8 Å². The van der Waals surface area contributed by atoms with Crippen molar-refractivity contribution < 1.29 is 31.1 Å². The number of carbonyl (C=O) groups is 1. The van der Waals surface area contributed by atoms with Crippen molar-refractivity contribution in [2.24, 2.45) is 5.92 Å². The van der Waals surface area contributed by atoms with Crippen molar-refractivity contribution >= 4 is 15.6 Å². The number of hydrogen-bond acceptors (Lipinski definition) is 8. The van der Waals surface area contributed by atoms with E-state index in [1.165, 1.54) is 10.6 Å². The molecule has 0 radical (unpaired) electrons. The molecule has 242 valence electrons. The zero-order chi connectivity index (χ0) is 33.1. The molecule has 2 aromatic heterocycles. The fraction of sp³-hybridized carbons (Fsp3) is 0.364. The summed E-state index contributed by atoms with van der Waals surface area (Å²) in [6, 6.07) is 13.8. The summed E-state index contributed by atoms with van der Waals surface area (Å²) in [5.74, 6) is -0.843. The van der Waals surface area contributed by atoms with Crippen molar-refractivity contribution in [2.45, 2.75) is 63.4 Å². The van der Waals surface area contributed by atoms with Gasteiger partial charge in [-0.05, 0) is 49.8 Å². The number of sulfone groups is 1. The number of aryl methyl sites for hydroxylation is 2. The topological polar surface area (TPSA) is 121 Å². The molecule has 0 spiro atoms. The highest BCUT2D eigenvalue weighted by atomic mass is 32.2. The van der Waals surface area contributed by atoms with E-state index in [1.54, 1.807) is 37.3 Å². The first kappa shape index (κ1) is 33.0. The van der Waals surface area contributed by atoms with Gasteiger partial charge in [-0.15, -0.1) is 0 Å². The molecular weight excluding hydrogens is 621 g/mol. The summed E-state index contributed by atoms with van der Waals surface area (Å²) in [6.07, 6.45) is 1.57. The molecule has 0 N–H and O–H groups in total. The molecule has 1 saturated carbocycles. The van der Waals surface area contributed by atoms with E-state index >= 15 is 0 Å². The minimum absolute atomic E-state index is 0.0500. The molecule has 0 unspecified atom stereocenters. The number of aromatic nitrogens is 4. The summed E-state index contributed by atoms with van der Waals surface area (Å²) in [4.78, 5) is 39.1. The van der Waals surface area contributed by atoms with Crippen LogP contribution in [-0.2, 0) is 27.5 Å². The molecular formula is C33H33F3N4O5S. The minimum Gasteiger partial charge on any atom is -0.481 e. The lowest BCUT2D eigenvalue weighted by molar-refractivity contribution is -0.153. The number of carbonyl (C=O) groups excluding carboxylic acids is 1. The first-order valence-electron chi connectivity index (χ1n) is 14.9. The Balaban J connectivity index is 1.44. The molecule has 4 aromatic rings. The van der Waals surface area contributed by atoms with Gasteiger partial charge in [-0.25, -0.2) is 27.9 Å². The third kappa shape index (κ3) is 7.87. The van der Waals surface area contributed by atoms with E-state index in [9.17, 15) is 31.2 Å². The van der Waals surface area contributed by atoms with Crippen LogP contribution >= 0.6 is 0 Å². The third-order valence-corrected chi connectivity index (χ3v) is 9.34. The van der Waals surface area contributed by atoms with E-state index in [1.807, 2.05) is 19.1 Å². The van der Waals surface area contributed by atoms with Crippen LogP contribution in [0.2, 0.25) is 0 Å². The van der Waals surface area contributed by atoms with Gasteiger partial charge in [0.2, 0.25) is 5.95 Å². The average Bonchev–Trinajstić information content (AvgIpc) is 3.87. The number of ether oxygens (including phenoxy) is 1. The first-order chi connectivity index (χ1) is 21.9. The van der Waals surface area contributed by atoms with Crippen molar-refractivity contribution in [1.29, 1.82) is 0 Å². The summed E-state index contributed by atoms with van der Waals surface area (Å²) in [5, 5.41) is 0. The number of halogens is 3. The lowest BCUT2D eigenvalue weighted by Crippen LogP contribution is -2.29. The smallest absolute Gasteiger partial charge is 0.422 e. The van der Waals surface area contributed by atoms with Crippen LogP contribution in [0.3, 0.4) is 0 Å². The summed E-state index contributed by atoms with van der Waals surface area (Å²) in [6.45, 7) is 2.17. The molecule has 5 rings (SSSR count). The van der Waals surface area contributed by atoms with Crippen LogP contribution in [-0.4, -0.2) is 52.3 Å². The van der Waals surface area contributed by atoms with E-state index in [0.29, 0.717) is 34.6 Å². The zero-order valence-electron chi connectivity index (χ0n) is 25.4. The van der Waals surface area contributed by atoms with Gasteiger partial charge in [0, 0.05) is 23.5 Å². The average molecular weight is 655 g/mol. The second-order valence-electron chi connectivity index (χ2n) is 11.3. The van der Waals surface area contributed by atoms with Gasteiger partial charge in [-0.2, -0.15) is 13.2 Å². The predicted octanol–water partition coefficient (Wildman–Crippen LogP) is 5.63. The van der Waals surface area contributed by atoms with E-state index in [-0.39, 0.29) is 34.7 Å². The Morgan fingerprint density at radius 1 is 1.04 bits per heavy atom. The predicted molar refractivity (Wildman–Crippen MR) is 165 cm³/mol. The normalized spacial score (nSPS) is 13.5. The maximum absolute atomic E-state index is 13.9. The first-order valence-corrected chi connectivity index (χ1v) is 16.6. The van der Waals surface area contributed by atoms with Gasteiger partial charge >= 0.3 is 6.18 Å². The highest BCUT2D eigenvalue weighted by molar-refractivity contribution is 7.92. The van der Waals surface area contributed by atoms with Gasteiger partial charge in [0.25, 0.3) is 5.56 Å². The highest BCUT2D eigenvalue weighted by Crippen LogP contribution is 2.33. The van der Waals surface area contributed by atoms with Gasteiger partial charge in [0.15, 0.2) is 28.0 Å². The van der Waals surface area contributed by atoms with Crippen molar-refractivity contribution in [3.05, 3.63) is 93.9 Å². The number of rotatable bonds is 13. The Kier molecular flexibility index (Phi) is 9.71. The largest absolute Gasteiger partial charge is 0.481 e. The van der Waals surface area contributed by atoms with Crippen LogP contribution < -0.4 is 10.3 Å². The van der Waals surface area contributed by atoms with Crippen molar-refractivity contribution in [3.63, 3.8) is 0 Å². The molecule has 0 aliphatic heterocycles. The van der Waals surface area contributed by atoms with E-state index in [4.69, 9.17) is 0 Å². The van der Waals surface area contributed by atoms with Crippen molar-refractivity contribution in [2.75, 3.05) is 12.4 Å². The standard InChI is InChI=1S/C33H33F3N4O5S/c1-3-4-8-28-27(31(42)40(21(2)39-28)32-37-17-25(18-38-32)45-20-33(34,35)36)16-22-10-12-23(13-11-22)26-7-5-6-9-30(26)46(43,44)19-29(41)24-14-15-24/h5-7,9-13,17-18,24H,3-4,8,14-16,19-20H2,1-2H3. The molecule has 0 saturated heterocycles. The molecule has 2 heterocycles. The van der Waals surface area contributed by atoms with E-state index in [0.717, 1.165) is 43.6 Å². The quantitative estimate of drug-likeness (QED) is 0.182. The van der Waals surface area contributed by atoms with Crippen LogP contribution in [0.15, 0.2) is 70.6 Å². The molecule has 0 amide bonds. The van der Waals surface area contributed by atoms with Gasteiger partial charge in [-0.1, -0.05) is 55.8 Å². The van der Waals surface area contributed by atoms with Gasteiger partial charge in [0.1, 0.15) is 11.6 Å². The molecule has 13 heteroatoms. The van der Waals surface area contributed by atoms with Crippen LogP contribution in [0.4, 0.5) is 13.2 Å². The van der Waals surface area contributed by atoms with Gasteiger partial charge in [0.05, 0.1) is 23.0 Å². The Morgan fingerprint density at radius 3 is 2.35 bits per heavy atom. The number of Topliss-reactive ketones (excluding diaryl/α,β-unsaturated/α-hetero) is 1. The summed E-state index contributed by atoms with van der Waals surface area (Å²) in [7, 11) is -3.84. The summed E-state index contributed by atoms with van der Waals surface area (Å²) < 4.78 is 69.8. The second-order valence-corrected chi connectivity index (χ2v) is 13.3. The molecule has 0 bridgehead atoms. The zero-order valence-corrected chi connectivity index (χ0v) is 26.2. The number of nitrogens with zero attached hydrogens (tertiary/aromatic N) is 4.